The average Bonchev–Trinajstić information content (AvgIpc) is 2.46. The third-order valence-corrected chi connectivity index (χ3v) is 3.38. The molecular formula is C16H22N2O4. The summed E-state index contributed by atoms with van der Waals surface area (Å²) in [4.78, 5) is 27.7. The highest BCUT2D eigenvalue weighted by atomic mass is 16.6. The Morgan fingerprint density at radius 1 is 1.41 bits per heavy atom. The van der Waals surface area contributed by atoms with E-state index in [4.69, 9.17) is 9.47 Å². The molecule has 1 aromatic heterocycles. The quantitative estimate of drug-likeness (QED) is 0.868. The first-order valence-corrected chi connectivity index (χ1v) is 7.42. The third-order valence-electron chi connectivity index (χ3n) is 3.38. The van der Waals surface area contributed by atoms with Gasteiger partial charge in [0.25, 0.3) is 0 Å². The van der Waals surface area contributed by atoms with E-state index in [1.807, 2.05) is 0 Å². The molecule has 6 heteroatoms. The Bertz CT molecular complexity index is 546. The summed E-state index contributed by atoms with van der Waals surface area (Å²) < 4.78 is 10.6. The van der Waals surface area contributed by atoms with E-state index in [9.17, 15) is 9.59 Å². The van der Waals surface area contributed by atoms with Crippen LogP contribution in [0.25, 0.3) is 0 Å². The van der Waals surface area contributed by atoms with Gasteiger partial charge in [0.2, 0.25) is 0 Å². The maximum absolute atomic E-state index is 11.9. The number of aromatic nitrogens is 1. The number of pyridine rings is 1. The highest BCUT2D eigenvalue weighted by Crippen LogP contribution is 2.30. The molecule has 1 fully saturated rings. The van der Waals surface area contributed by atoms with Gasteiger partial charge in [0.05, 0.1) is 16.9 Å². The molecule has 1 aliphatic heterocycles. The predicted molar refractivity (Wildman–Crippen MR) is 82.3 cm³/mol. The molecular weight excluding hydrogens is 284 g/mol. The van der Waals surface area contributed by atoms with Gasteiger partial charge >= 0.3 is 6.09 Å². The second kappa shape index (κ2) is 6.87. The average molecular weight is 306 g/mol. The topological polar surface area (TPSA) is 77.5 Å². The van der Waals surface area contributed by atoms with Gasteiger partial charge in [-0.25, -0.2) is 4.79 Å². The molecule has 2 heterocycles. The number of carbonyl (C=O) groups is 2. The van der Waals surface area contributed by atoms with Crippen LogP contribution in [-0.4, -0.2) is 36.2 Å². The number of rotatable bonds is 3. The van der Waals surface area contributed by atoms with E-state index in [-0.39, 0.29) is 5.92 Å². The van der Waals surface area contributed by atoms with Gasteiger partial charge in [-0.2, -0.15) is 0 Å². The zero-order valence-corrected chi connectivity index (χ0v) is 13.2. The third kappa shape index (κ3) is 4.27. The second-order valence-corrected chi connectivity index (χ2v) is 6.29. The van der Waals surface area contributed by atoms with Crippen LogP contribution in [0.4, 0.5) is 10.5 Å². The Balaban J connectivity index is 2.21. The van der Waals surface area contributed by atoms with Gasteiger partial charge in [0.15, 0.2) is 6.29 Å². The van der Waals surface area contributed by atoms with Crippen LogP contribution in [0.2, 0.25) is 0 Å². The minimum absolute atomic E-state index is 0.175. The van der Waals surface area contributed by atoms with Gasteiger partial charge in [-0.1, -0.05) is 0 Å². The maximum atomic E-state index is 11.9. The zero-order chi connectivity index (χ0) is 16.2. The molecule has 1 saturated heterocycles. The normalized spacial score (nSPS) is 16.1. The second-order valence-electron chi connectivity index (χ2n) is 6.29. The van der Waals surface area contributed by atoms with Gasteiger partial charge < -0.3 is 9.47 Å². The van der Waals surface area contributed by atoms with E-state index in [2.05, 4.69) is 10.3 Å². The van der Waals surface area contributed by atoms with Crippen molar-refractivity contribution in [2.24, 2.45) is 0 Å². The van der Waals surface area contributed by atoms with Crippen LogP contribution in [0.5, 0.6) is 0 Å². The van der Waals surface area contributed by atoms with Crippen LogP contribution in [0, 0.1) is 0 Å². The minimum Gasteiger partial charge on any atom is -0.444 e. The summed E-state index contributed by atoms with van der Waals surface area (Å²) in [6.07, 6.45) is 3.40. The van der Waals surface area contributed by atoms with E-state index in [0.717, 1.165) is 19.1 Å². The van der Waals surface area contributed by atoms with E-state index in [1.54, 1.807) is 33.0 Å². The van der Waals surface area contributed by atoms with Crippen molar-refractivity contribution in [3.63, 3.8) is 0 Å². The van der Waals surface area contributed by atoms with E-state index in [1.165, 1.54) is 0 Å². The van der Waals surface area contributed by atoms with Gasteiger partial charge in [-0.15, -0.1) is 0 Å². The SMILES string of the molecule is CC(C)(C)OC(=O)Nc1ccnc(C2CCOCC2)c1C=O. The monoisotopic (exact) mass is 306 g/mol. The van der Waals surface area contributed by atoms with Crippen LogP contribution < -0.4 is 5.32 Å². The Hall–Kier alpha value is -1.95. The fourth-order valence-electron chi connectivity index (χ4n) is 2.43. The van der Waals surface area contributed by atoms with Crippen molar-refractivity contribution in [1.29, 1.82) is 0 Å². The molecule has 0 bridgehead atoms. The summed E-state index contributed by atoms with van der Waals surface area (Å²) in [6, 6.07) is 1.61. The number of nitrogens with zero attached hydrogens (tertiary/aromatic N) is 1. The Morgan fingerprint density at radius 2 is 2.09 bits per heavy atom. The highest BCUT2D eigenvalue weighted by Gasteiger charge is 2.23. The summed E-state index contributed by atoms with van der Waals surface area (Å²) in [5.41, 5.74) is 0.968. The molecule has 1 aromatic rings. The summed E-state index contributed by atoms with van der Waals surface area (Å²) in [7, 11) is 0. The number of carbonyl (C=O) groups excluding carboxylic acids is 2. The maximum Gasteiger partial charge on any atom is 0.412 e. The molecule has 6 nitrogen and oxygen atoms in total. The van der Waals surface area contributed by atoms with Crippen LogP contribution in [0.3, 0.4) is 0 Å². The molecule has 1 amide bonds. The zero-order valence-electron chi connectivity index (χ0n) is 13.2. The first kappa shape index (κ1) is 16.4. The lowest BCUT2D eigenvalue weighted by Gasteiger charge is -2.24. The van der Waals surface area contributed by atoms with E-state index >= 15 is 0 Å². The van der Waals surface area contributed by atoms with Crippen molar-refractivity contribution in [2.45, 2.75) is 45.1 Å². The minimum atomic E-state index is -0.595. The van der Waals surface area contributed by atoms with Crippen molar-refractivity contribution in [2.75, 3.05) is 18.5 Å². The van der Waals surface area contributed by atoms with Gasteiger partial charge in [-0.05, 0) is 39.7 Å². The number of amides is 1. The Labute approximate surface area is 130 Å². The molecule has 2 rings (SSSR count). The molecule has 120 valence electrons. The smallest absolute Gasteiger partial charge is 0.412 e. The molecule has 0 spiro atoms. The summed E-state index contributed by atoms with van der Waals surface area (Å²) in [5, 5.41) is 2.63. The lowest BCUT2D eigenvalue weighted by Crippen LogP contribution is -2.28. The molecule has 0 radical (unpaired) electrons. The fourth-order valence-corrected chi connectivity index (χ4v) is 2.43. The lowest BCUT2D eigenvalue weighted by atomic mass is 9.92. The molecule has 0 atom stereocenters. The molecule has 1 N–H and O–H groups in total. The number of hydrogen-bond donors (Lipinski definition) is 1. The van der Waals surface area contributed by atoms with Crippen LogP contribution >= 0.6 is 0 Å². The van der Waals surface area contributed by atoms with Crippen molar-refractivity contribution in [1.82, 2.24) is 4.98 Å². The number of aldehydes is 1. The van der Waals surface area contributed by atoms with E-state index in [0.29, 0.717) is 30.2 Å². The molecule has 1 aliphatic rings. The highest BCUT2D eigenvalue weighted by molar-refractivity contribution is 5.94. The Kier molecular flexibility index (Phi) is 5.13. The van der Waals surface area contributed by atoms with Crippen molar-refractivity contribution in [3.8, 4) is 0 Å². The van der Waals surface area contributed by atoms with Gasteiger partial charge in [-0.3, -0.25) is 15.1 Å². The van der Waals surface area contributed by atoms with Crippen LogP contribution in [0.1, 0.15) is 55.6 Å². The molecule has 0 aromatic carbocycles. The number of nitrogens with one attached hydrogen (secondary N) is 1. The fraction of sp³-hybridized carbons (Fsp3) is 0.562. The van der Waals surface area contributed by atoms with Gasteiger partial charge in [0.1, 0.15) is 5.60 Å². The van der Waals surface area contributed by atoms with Crippen molar-refractivity contribution >= 4 is 18.1 Å². The van der Waals surface area contributed by atoms with Crippen molar-refractivity contribution in [3.05, 3.63) is 23.5 Å². The van der Waals surface area contributed by atoms with Crippen molar-refractivity contribution < 1.29 is 19.1 Å². The molecule has 0 saturated carbocycles. The molecule has 0 aliphatic carbocycles. The summed E-state index contributed by atoms with van der Waals surface area (Å²) >= 11 is 0. The predicted octanol–water partition coefficient (Wildman–Crippen LogP) is 3.14. The first-order valence-electron chi connectivity index (χ1n) is 7.42. The van der Waals surface area contributed by atoms with E-state index < -0.39 is 11.7 Å². The number of hydrogen-bond acceptors (Lipinski definition) is 5. The van der Waals surface area contributed by atoms with Gasteiger partial charge in [0, 0.05) is 25.3 Å². The number of anilines is 1. The number of ether oxygens (including phenoxy) is 2. The van der Waals surface area contributed by atoms with Crippen LogP contribution in [0.15, 0.2) is 12.3 Å². The van der Waals surface area contributed by atoms with Crippen LogP contribution in [-0.2, 0) is 9.47 Å². The standard InChI is InChI=1S/C16H22N2O4/c1-16(2,3)22-15(20)18-13-4-7-17-14(12(13)10-19)11-5-8-21-9-6-11/h4,7,10-11H,5-6,8-9H2,1-3H3,(H,17,18,20). The Morgan fingerprint density at radius 3 is 2.68 bits per heavy atom. The lowest BCUT2D eigenvalue weighted by molar-refractivity contribution is 0.0635. The molecule has 22 heavy (non-hydrogen) atoms. The summed E-state index contributed by atoms with van der Waals surface area (Å²) in [5.74, 6) is 0.175. The first-order chi connectivity index (χ1) is 10.4. The molecule has 0 unspecified atom stereocenters. The summed E-state index contributed by atoms with van der Waals surface area (Å²) in [6.45, 7) is 6.68. The largest absolute Gasteiger partial charge is 0.444 e.